The average molecular weight is 443 g/mol. The van der Waals surface area contributed by atoms with E-state index in [-0.39, 0.29) is 29.9 Å². The van der Waals surface area contributed by atoms with Gasteiger partial charge in [0, 0.05) is 30.5 Å². The molecule has 2 aromatic carbocycles. The highest BCUT2D eigenvalue weighted by Crippen LogP contribution is 2.44. The lowest BCUT2D eigenvalue weighted by Gasteiger charge is -2.30. The van der Waals surface area contributed by atoms with Crippen LogP contribution < -0.4 is 10.2 Å². The minimum atomic E-state index is -0.677. The fourth-order valence-corrected chi connectivity index (χ4v) is 4.88. The normalized spacial score (nSPS) is 24.3. The molecule has 0 spiro atoms. The summed E-state index contributed by atoms with van der Waals surface area (Å²) in [4.78, 5) is 35.9. The van der Waals surface area contributed by atoms with Crippen LogP contribution in [0.3, 0.4) is 0 Å². The molecule has 7 heteroatoms. The maximum Gasteiger partial charge on any atom is 0.415 e. The van der Waals surface area contributed by atoms with Crippen molar-refractivity contribution in [3.05, 3.63) is 90.0 Å². The van der Waals surface area contributed by atoms with Crippen molar-refractivity contribution < 1.29 is 14.3 Å². The van der Waals surface area contributed by atoms with Crippen molar-refractivity contribution in [1.29, 1.82) is 0 Å². The lowest BCUT2D eigenvalue weighted by atomic mass is 9.84. The Labute approximate surface area is 192 Å². The second kappa shape index (κ2) is 8.31. The van der Waals surface area contributed by atoms with Gasteiger partial charge in [-0.05, 0) is 49.6 Å². The van der Waals surface area contributed by atoms with Crippen LogP contribution in [-0.4, -0.2) is 34.1 Å². The van der Waals surface area contributed by atoms with E-state index in [1.165, 1.54) is 0 Å². The number of cyclic esters (lactones) is 1. The van der Waals surface area contributed by atoms with E-state index in [1.807, 2.05) is 68.4 Å². The third-order valence-corrected chi connectivity index (χ3v) is 6.46. The van der Waals surface area contributed by atoms with Gasteiger partial charge in [-0.3, -0.25) is 9.69 Å². The van der Waals surface area contributed by atoms with Crippen LogP contribution in [0.5, 0.6) is 0 Å². The summed E-state index contributed by atoms with van der Waals surface area (Å²) in [6, 6.07) is 19.1. The van der Waals surface area contributed by atoms with Gasteiger partial charge < -0.3 is 10.1 Å². The zero-order valence-corrected chi connectivity index (χ0v) is 18.6. The molecule has 1 N–H and O–H groups in total. The van der Waals surface area contributed by atoms with E-state index < -0.39 is 5.60 Å². The summed E-state index contributed by atoms with van der Waals surface area (Å²) in [5.41, 5.74) is 1.97. The third-order valence-electron chi connectivity index (χ3n) is 6.46. The highest BCUT2D eigenvalue weighted by molar-refractivity contribution is 5.92. The highest BCUT2D eigenvalue weighted by atomic mass is 16.6. The Morgan fingerprint density at radius 1 is 0.939 bits per heavy atom. The lowest BCUT2D eigenvalue weighted by Crippen LogP contribution is -2.40. The highest BCUT2D eigenvalue weighted by Gasteiger charge is 2.49. The quantitative estimate of drug-likeness (QED) is 0.650. The molecule has 7 nitrogen and oxygen atoms in total. The topological polar surface area (TPSA) is 84.4 Å². The number of anilines is 1. The molecule has 2 saturated heterocycles. The second-order valence-corrected chi connectivity index (χ2v) is 9.08. The van der Waals surface area contributed by atoms with E-state index in [0.29, 0.717) is 13.0 Å². The molecule has 33 heavy (non-hydrogen) atoms. The summed E-state index contributed by atoms with van der Waals surface area (Å²) in [6.45, 7) is 4.38. The Morgan fingerprint density at radius 2 is 1.64 bits per heavy atom. The molecule has 0 radical (unpaired) electrons. The van der Waals surface area contributed by atoms with Gasteiger partial charge >= 0.3 is 6.09 Å². The Bertz CT molecular complexity index is 1150. The van der Waals surface area contributed by atoms with E-state index in [4.69, 9.17) is 4.74 Å². The first-order valence-corrected chi connectivity index (χ1v) is 11.2. The average Bonchev–Trinajstić information content (AvgIpc) is 3.08. The largest absolute Gasteiger partial charge is 0.441 e. The minimum Gasteiger partial charge on any atom is -0.441 e. The molecule has 5 rings (SSSR count). The zero-order chi connectivity index (χ0) is 23.0. The Morgan fingerprint density at radius 3 is 2.33 bits per heavy atom. The molecule has 0 saturated carbocycles. The van der Waals surface area contributed by atoms with Crippen LogP contribution >= 0.6 is 0 Å². The predicted octanol–water partition coefficient (Wildman–Crippen LogP) is 4.34. The third kappa shape index (κ3) is 3.95. The standard InChI is InChI=1S/C26H26N4O3/c1-26(2)22(18-7-4-3-5-8-18)30(25(32)33-26)20-11-9-17(10-12-20)21-15-19(16-29-24(21)31)23-27-13-6-14-28-23/h3-14,19,21-22H,15-16H2,1-2H3,(H,29,31). The second-order valence-electron chi connectivity index (χ2n) is 9.08. The van der Waals surface area contributed by atoms with E-state index >= 15 is 0 Å². The number of nitrogens with one attached hydrogen (secondary N) is 1. The van der Waals surface area contributed by atoms with Gasteiger partial charge in [-0.25, -0.2) is 14.8 Å². The molecular weight excluding hydrogens is 416 g/mol. The number of piperidine rings is 1. The van der Waals surface area contributed by atoms with E-state index in [1.54, 1.807) is 23.4 Å². The van der Waals surface area contributed by atoms with Gasteiger partial charge in [-0.1, -0.05) is 42.5 Å². The van der Waals surface area contributed by atoms with Crippen LogP contribution in [0.2, 0.25) is 0 Å². The summed E-state index contributed by atoms with van der Waals surface area (Å²) >= 11 is 0. The molecule has 2 aliphatic heterocycles. The van der Waals surface area contributed by atoms with Crippen molar-refractivity contribution in [2.45, 2.75) is 43.7 Å². The monoisotopic (exact) mass is 442 g/mol. The van der Waals surface area contributed by atoms with Crippen LogP contribution in [0.15, 0.2) is 73.1 Å². The smallest absolute Gasteiger partial charge is 0.415 e. The van der Waals surface area contributed by atoms with Crippen molar-refractivity contribution in [2.24, 2.45) is 0 Å². The number of benzene rings is 2. The molecule has 2 amide bonds. The van der Waals surface area contributed by atoms with Crippen molar-refractivity contribution in [2.75, 3.05) is 11.4 Å². The molecule has 2 aliphatic rings. The zero-order valence-electron chi connectivity index (χ0n) is 18.6. The van der Waals surface area contributed by atoms with Crippen LogP contribution in [0.4, 0.5) is 10.5 Å². The summed E-state index contributed by atoms with van der Waals surface area (Å²) in [5.74, 6) is 0.504. The summed E-state index contributed by atoms with van der Waals surface area (Å²) < 4.78 is 5.72. The fraction of sp³-hybridized carbons (Fsp3) is 0.308. The lowest BCUT2D eigenvalue weighted by molar-refractivity contribution is -0.124. The van der Waals surface area contributed by atoms with Gasteiger partial charge in [-0.15, -0.1) is 0 Å². The van der Waals surface area contributed by atoms with Gasteiger partial charge in [0.2, 0.25) is 5.91 Å². The fourth-order valence-electron chi connectivity index (χ4n) is 4.88. The maximum atomic E-state index is 12.8. The summed E-state index contributed by atoms with van der Waals surface area (Å²) in [5, 5.41) is 2.99. The molecule has 1 aromatic heterocycles. The van der Waals surface area contributed by atoms with Crippen LogP contribution in [-0.2, 0) is 9.53 Å². The van der Waals surface area contributed by atoms with Gasteiger partial charge in [-0.2, -0.15) is 0 Å². The first-order valence-electron chi connectivity index (χ1n) is 11.2. The predicted molar refractivity (Wildman–Crippen MR) is 124 cm³/mol. The van der Waals surface area contributed by atoms with Gasteiger partial charge in [0.25, 0.3) is 0 Å². The number of hydrogen-bond donors (Lipinski definition) is 1. The van der Waals surface area contributed by atoms with Crippen molar-refractivity contribution >= 4 is 17.7 Å². The van der Waals surface area contributed by atoms with E-state index in [2.05, 4.69) is 15.3 Å². The van der Waals surface area contributed by atoms with Crippen LogP contribution in [0.1, 0.15) is 55.1 Å². The van der Waals surface area contributed by atoms with Crippen LogP contribution in [0, 0.1) is 0 Å². The Balaban J connectivity index is 1.42. The SMILES string of the molecule is CC1(C)OC(=O)N(c2ccc(C3CC(c4ncccn4)CNC3=O)cc2)C1c1ccccc1. The van der Waals surface area contributed by atoms with Crippen molar-refractivity contribution in [1.82, 2.24) is 15.3 Å². The number of aromatic nitrogens is 2. The molecular formula is C26H26N4O3. The number of ether oxygens (including phenoxy) is 1. The first-order chi connectivity index (χ1) is 15.9. The van der Waals surface area contributed by atoms with Gasteiger partial charge in [0.05, 0.1) is 5.92 Å². The molecule has 3 aromatic rings. The Kier molecular flexibility index (Phi) is 5.32. The van der Waals surface area contributed by atoms with Crippen molar-refractivity contribution in [3.8, 4) is 0 Å². The first kappa shape index (κ1) is 21.1. The van der Waals surface area contributed by atoms with Crippen LogP contribution in [0.25, 0.3) is 0 Å². The number of amides is 2. The molecule has 2 fully saturated rings. The molecule has 3 atom stereocenters. The van der Waals surface area contributed by atoms with Gasteiger partial charge in [0.1, 0.15) is 17.5 Å². The molecule has 168 valence electrons. The number of rotatable bonds is 4. The molecule has 0 bridgehead atoms. The molecule has 0 aliphatic carbocycles. The Hall–Kier alpha value is -3.74. The minimum absolute atomic E-state index is 0.00110. The van der Waals surface area contributed by atoms with Crippen molar-refractivity contribution in [3.63, 3.8) is 0 Å². The maximum absolute atomic E-state index is 12.8. The van der Waals surface area contributed by atoms with E-state index in [0.717, 1.165) is 22.6 Å². The number of carbonyl (C=O) groups excluding carboxylic acids is 2. The summed E-state index contributed by atoms with van der Waals surface area (Å²) in [6.07, 6.45) is 3.71. The number of carbonyl (C=O) groups is 2. The molecule has 3 unspecified atom stereocenters. The number of nitrogens with zero attached hydrogens (tertiary/aromatic N) is 3. The molecule has 3 heterocycles. The van der Waals surface area contributed by atoms with E-state index in [9.17, 15) is 9.59 Å². The van der Waals surface area contributed by atoms with Gasteiger partial charge in [0.15, 0.2) is 0 Å². The number of hydrogen-bond acceptors (Lipinski definition) is 5. The summed E-state index contributed by atoms with van der Waals surface area (Å²) in [7, 11) is 0.